The summed E-state index contributed by atoms with van der Waals surface area (Å²) in [5, 5.41) is 0. The molecule has 1 aliphatic carbocycles. The van der Waals surface area contributed by atoms with E-state index in [2.05, 4.69) is 11.1 Å². The van der Waals surface area contributed by atoms with E-state index >= 15 is 0 Å². The molecular formula is C19H25NO4S. The van der Waals surface area contributed by atoms with Crippen molar-refractivity contribution in [2.75, 3.05) is 12.4 Å². The zero-order chi connectivity index (χ0) is 18.2. The minimum Gasteiger partial charge on any atom is -0.465 e. The van der Waals surface area contributed by atoms with Crippen molar-refractivity contribution >= 4 is 29.4 Å². The Morgan fingerprint density at radius 1 is 1.40 bits per heavy atom. The van der Waals surface area contributed by atoms with Crippen LogP contribution in [0.1, 0.15) is 40.5 Å². The van der Waals surface area contributed by atoms with Crippen LogP contribution >= 0.6 is 11.8 Å². The predicted octanol–water partition coefficient (Wildman–Crippen LogP) is 3.30. The summed E-state index contributed by atoms with van der Waals surface area (Å²) in [5.41, 5.74) is 0.431. The van der Waals surface area contributed by atoms with Gasteiger partial charge in [0.05, 0.1) is 17.1 Å². The van der Waals surface area contributed by atoms with Crippen LogP contribution in [0, 0.1) is 11.8 Å². The SMILES string of the molecule is CCOC(=O)C1C(C(=O)OC(C)(C)C)=NC2=CC=CCC23SCCC13. The van der Waals surface area contributed by atoms with E-state index in [0.717, 1.165) is 24.3 Å². The zero-order valence-corrected chi connectivity index (χ0v) is 16.0. The molecule has 0 aromatic heterocycles. The molecule has 0 amide bonds. The zero-order valence-electron chi connectivity index (χ0n) is 15.2. The van der Waals surface area contributed by atoms with Crippen molar-refractivity contribution in [1.82, 2.24) is 0 Å². The summed E-state index contributed by atoms with van der Waals surface area (Å²) in [4.78, 5) is 30.2. The maximum absolute atomic E-state index is 12.8. The number of hydrogen-bond donors (Lipinski definition) is 0. The van der Waals surface area contributed by atoms with Gasteiger partial charge in [-0.05, 0) is 58.3 Å². The Bertz CT molecular complexity index is 673. The molecule has 3 rings (SSSR count). The number of carbonyl (C=O) groups is 2. The Morgan fingerprint density at radius 3 is 2.84 bits per heavy atom. The Labute approximate surface area is 152 Å². The monoisotopic (exact) mass is 363 g/mol. The highest BCUT2D eigenvalue weighted by Crippen LogP contribution is 2.57. The molecule has 3 aliphatic rings. The molecule has 25 heavy (non-hydrogen) atoms. The van der Waals surface area contributed by atoms with E-state index in [-0.39, 0.29) is 29.0 Å². The summed E-state index contributed by atoms with van der Waals surface area (Å²) in [6.07, 6.45) is 7.74. The fourth-order valence-corrected chi connectivity index (χ4v) is 5.48. The molecule has 3 atom stereocenters. The van der Waals surface area contributed by atoms with Gasteiger partial charge in [0.1, 0.15) is 17.2 Å². The third kappa shape index (κ3) is 3.28. The molecule has 0 aromatic carbocycles. The highest BCUT2D eigenvalue weighted by molar-refractivity contribution is 8.01. The first-order valence-electron chi connectivity index (χ1n) is 8.78. The van der Waals surface area contributed by atoms with E-state index in [1.807, 2.05) is 44.7 Å². The van der Waals surface area contributed by atoms with Gasteiger partial charge in [-0.3, -0.25) is 4.79 Å². The van der Waals surface area contributed by atoms with Gasteiger partial charge in [-0.2, -0.15) is 0 Å². The maximum atomic E-state index is 12.8. The van der Waals surface area contributed by atoms with Crippen molar-refractivity contribution in [3.05, 3.63) is 23.9 Å². The van der Waals surface area contributed by atoms with E-state index < -0.39 is 17.5 Å². The lowest BCUT2D eigenvalue weighted by molar-refractivity contribution is -0.152. The largest absolute Gasteiger partial charge is 0.465 e. The quantitative estimate of drug-likeness (QED) is 0.720. The number of carbonyl (C=O) groups excluding carboxylic acids is 2. The van der Waals surface area contributed by atoms with Crippen LogP contribution in [0.5, 0.6) is 0 Å². The Balaban J connectivity index is 2.06. The Morgan fingerprint density at radius 2 is 2.16 bits per heavy atom. The molecule has 6 heteroatoms. The van der Waals surface area contributed by atoms with Crippen molar-refractivity contribution < 1.29 is 19.1 Å². The Hall–Kier alpha value is -1.56. The lowest BCUT2D eigenvalue weighted by Crippen LogP contribution is -2.50. The number of ether oxygens (including phenoxy) is 2. The first-order chi connectivity index (χ1) is 11.8. The molecule has 0 bridgehead atoms. The van der Waals surface area contributed by atoms with Crippen LogP contribution in [-0.4, -0.2) is 40.4 Å². The molecule has 2 aliphatic heterocycles. The van der Waals surface area contributed by atoms with Gasteiger partial charge >= 0.3 is 11.9 Å². The smallest absolute Gasteiger partial charge is 0.354 e. The topological polar surface area (TPSA) is 65.0 Å². The van der Waals surface area contributed by atoms with E-state index in [0.29, 0.717) is 0 Å². The predicted molar refractivity (Wildman–Crippen MR) is 98.5 cm³/mol. The highest BCUT2D eigenvalue weighted by Gasteiger charge is 2.57. The second-order valence-electron chi connectivity index (χ2n) is 7.55. The van der Waals surface area contributed by atoms with Crippen LogP contribution in [0.3, 0.4) is 0 Å². The summed E-state index contributed by atoms with van der Waals surface area (Å²) in [5.74, 6) is -0.594. The molecule has 2 heterocycles. The van der Waals surface area contributed by atoms with Crippen molar-refractivity contribution in [3.8, 4) is 0 Å². The van der Waals surface area contributed by atoms with Gasteiger partial charge in [-0.1, -0.05) is 12.2 Å². The van der Waals surface area contributed by atoms with Gasteiger partial charge in [-0.25, -0.2) is 9.79 Å². The van der Waals surface area contributed by atoms with E-state index in [1.165, 1.54) is 0 Å². The number of rotatable bonds is 3. The van der Waals surface area contributed by atoms with Crippen LogP contribution in [0.2, 0.25) is 0 Å². The van der Waals surface area contributed by atoms with Gasteiger partial charge in [0.25, 0.3) is 0 Å². The van der Waals surface area contributed by atoms with Crippen LogP contribution in [0.25, 0.3) is 0 Å². The molecule has 0 saturated carbocycles. The second kappa shape index (κ2) is 6.63. The lowest BCUT2D eigenvalue weighted by Gasteiger charge is -2.42. The minimum atomic E-state index is -0.659. The van der Waals surface area contributed by atoms with E-state index in [4.69, 9.17) is 9.47 Å². The van der Waals surface area contributed by atoms with Gasteiger partial charge in [0.2, 0.25) is 0 Å². The molecule has 136 valence electrons. The third-order valence-electron chi connectivity index (χ3n) is 4.72. The van der Waals surface area contributed by atoms with Gasteiger partial charge in [0.15, 0.2) is 0 Å². The number of allylic oxidation sites excluding steroid dienone is 3. The van der Waals surface area contributed by atoms with Crippen LogP contribution < -0.4 is 0 Å². The van der Waals surface area contributed by atoms with Crippen LogP contribution in [0.4, 0.5) is 0 Å². The van der Waals surface area contributed by atoms with E-state index in [9.17, 15) is 9.59 Å². The summed E-state index contributed by atoms with van der Waals surface area (Å²) in [6, 6.07) is 0. The molecule has 1 saturated heterocycles. The van der Waals surface area contributed by atoms with Gasteiger partial charge in [0, 0.05) is 0 Å². The Kier molecular flexibility index (Phi) is 4.84. The van der Waals surface area contributed by atoms with Crippen molar-refractivity contribution in [3.63, 3.8) is 0 Å². The molecule has 3 unspecified atom stereocenters. The molecule has 0 aromatic rings. The number of thioether (sulfide) groups is 1. The standard InChI is InChI=1S/C19H25NO4S/c1-5-23-16(21)14-12-9-11-25-19(12)10-7-6-8-13(19)20-15(14)17(22)24-18(2,3)4/h6-8,12,14H,5,9-11H2,1-4H3. The average molecular weight is 363 g/mol. The molecule has 1 spiro atoms. The van der Waals surface area contributed by atoms with Gasteiger partial charge < -0.3 is 9.47 Å². The van der Waals surface area contributed by atoms with Crippen molar-refractivity contribution in [2.45, 2.75) is 50.9 Å². The maximum Gasteiger partial charge on any atom is 0.354 e. The number of nitrogens with zero attached hydrogens (tertiary/aromatic N) is 1. The summed E-state index contributed by atoms with van der Waals surface area (Å²) < 4.78 is 10.6. The van der Waals surface area contributed by atoms with Crippen LogP contribution in [0.15, 0.2) is 28.9 Å². The van der Waals surface area contributed by atoms with Crippen molar-refractivity contribution in [1.29, 1.82) is 0 Å². The molecule has 0 N–H and O–H groups in total. The minimum absolute atomic E-state index is 0.00719. The van der Waals surface area contributed by atoms with Gasteiger partial charge in [-0.15, -0.1) is 11.8 Å². The lowest BCUT2D eigenvalue weighted by atomic mass is 9.70. The fourth-order valence-electron chi connectivity index (χ4n) is 3.80. The number of esters is 2. The first kappa shape index (κ1) is 18.2. The summed E-state index contributed by atoms with van der Waals surface area (Å²) in [6.45, 7) is 7.50. The number of hydrogen-bond acceptors (Lipinski definition) is 6. The van der Waals surface area contributed by atoms with E-state index in [1.54, 1.807) is 6.92 Å². The second-order valence-corrected chi connectivity index (χ2v) is 8.97. The fraction of sp³-hybridized carbons (Fsp3) is 0.632. The first-order valence-corrected chi connectivity index (χ1v) is 9.77. The normalized spacial score (nSPS) is 30.7. The average Bonchev–Trinajstić information content (AvgIpc) is 2.94. The molecule has 5 nitrogen and oxygen atoms in total. The summed E-state index contributed by atoms with van der Waals surface area (Å²) >= 11 is 1.84. The molecule has 0 radical (unpaired) electrons. The summed E-state index contributed by atoms with van der Waals surface area (Å²) in [7, 11) is 0. The van der Waals surface area contributed by atoms with Crippen LogP contribution in [-0.2, 0) is 19.1 Å². The number of aliphatic imine (C=N–C) groups is 1. The molecular weight excluding hydrogens is 338 g/mol. The third-order valence-corrected chi connectivity index (χ3v) is 6.35. The molecule has 1 fully saturated rings. The highest BCUT2D eigenvalue weighted by atomic mass is 32.2. The van der Waals surface area contributed by atoms with Crippen molar-refractivity contribution in [2.24, 2.45) is 16.8 Å².